The standard InChI is InChI=1S/C26H33F2N7O3/c1-17(25(36)34-10-6-5-7-18(34)16-37-2)29-26-31-21(33-11-13-38-14-12-33)15-22(32-26)35-20-9-4-3-8-19(20)30-24(35)23(27)28/h3-4,8-9,15,17-18,23H,5-7,10-14,16H2,1-2H3,(H,29,31,32)/t17-,18-/m0/s1. The van der Waals surface area contributed by atoms with Gasteiger partial charge in [-0.3, -0.25) is 9.36 Å². The summed E-state index contributed by atoms with van der Waals surface area (Å²) in [6.45, 7) is 5.18. The lowest BCUT2D eigenvalue weighted by atomic mass is 10.0. The van der Waals surface area contributed by atoms with Crippen molar-refractivity contribution >= 4 is 28.7 Å². The highest BCUT2D eigenvalue weighted by Crippen LogP contribution is 2.29. The van der Waals surface area contributed by atoms with Gasteiger partial charge in [-0.1, -0.05) is 12.1 Å². The number of morpholine rings is 1. The first kappa shape index (κ1) is 26.2. The summed E-state index contributed by atoms with van der Waals surface area (Å²) >= 11 is 0. The molecule has 2 saturated heterocycles. The van der Waals surface area contributed by atoms with Crippen molar-refractivity contribution in [1.82, 2.24) is 24.4 Å². The van der Waals surface area contributed by atoms with Gasteiger partial charge in [0.2, 0.25) is 11.9 Å². The van der Waals surface area contributed by atoms with Crippen molar-refractivity contribution in [2.45, 2.75) is 44.7 Å². The van der Waals surface area contributed by atoms with Gasteiger partial charge in [-0.2, -0.15) is 9.97 Å². The number of hydrogen-bond donors (Lipinski definition) is 1. The van der Waals surface area contributed by atoms with Crippen molar-refractivity contribution in [2.75, 3.05) is 56.8 Å². The molecule has 1 N–H and O–H groups in total. The van der Waals surface area contributed by atoms with Crippen LogP contribution in [-0.2, 0) is 14.3 Å². The number of nitrogens with zero attached hydrogens (tertiary/aromatic N) is 6. The number of methoxy groups -OCH3 is 1. The number of benzene rings is 1. The maximum absolute atomic E-state index is 14.1. The van der Waals surface area contributed by atoms with Crippen LogP contribution >= 0.6 is 0 Å². The normalized spacial score (nSPS) is 19.2. The van der Waals surface area contributed by atoms with Gasteiger partial charge in [0.05, 0.1) is 36.9 Å². The lowest BCUT2D eigenvalue weighted by molar-refractivity contribution is -0.136. The summed E-state index contributed by atoms with van der Waals surface area (Å²) in [5.41, 5.74) is 0.960. The molecule has 2 aromatic heterocycles. The quantitative estimate of drug-likeness (QED) is 0.474. The molecule has 0 radical (unpaired) electrons. The van der Waals surface area contributed by atoms with E-state index >= 15 is 0 Å². The van der Waals surface area contributed by atoms with Crippen molar-refractivity contribution in [3.8, 4) is 5.82 Å². The first-order chi connectivity index (χ1) is 18.5. The Labute approximate surface area is 219 Å². The van der Waals surface area contributed by atoms with E-state index in [1.807, 2.05) is 9.80 Å². The Kier molecular flexibility index (Phi) is 7.98. The molecule has 2 aliphatic heterocycles. The predicted octanol–water partition coefficient (Wildman–Crippen LogP) is 3.42. The molecule has 5 rings (SSSR count). The second-order valence-electron chi connectivity index (χ2n) is 9.60. The van der Waals surface area contributed by atoms with Gasteiger partial charge < -0.3 is 24.6 Å². The topological polar surface area (TPSA) is 97.6 Å². The van der Waals surface area contributed by atoms with Gasteiger partial charge in [0.1, 0.15) is 17.7 Å². The molecule has 12 heteroatoms. The number of hydrogen-bond acceptors (Lipinski definition) is 8. The lowest BCUT2D eigenvalue weighted by Crippen LogP contribution is -2.51. The molecule has 0 bridgehead atoms. The summed E-state index contributed by atoms with van der Waals surface area (Å²) in [5.74, 6) is 0.526. The molecule has 2 fully saturated rings. The molecule has 2 aliphatic rings. The first-order valence-corrected chi connectivity index (χ1v) is 13.0. The molecule has 0 spiro atoms. The van der Waals surface area contributed by atoms with Crippen molar-refractivity contribution in [1.29, 1.82) is 0 Å². The third-order valence-corrected chi connectivity index (χ3v) is 7.03. The number of amides is 1. The molecule has 0 aliphatic carbocycles. The Bertz CT molecular complexity index is 1260. The Morgan fingerprint density at radius 3 is 2.66 bits per heavy atom. The summed E-state index contributed by atoms with van der Waals surface area (Å²) in [6, 6.07) is 8.03. The Morgan fingerprint density at radius 1 is 1.13 bits per heavy atom. The molecule has 0 unspecified atom stereocenters. The highest BCUT2D eigenvalue weighted by molar-refractivity contribution is 5.84. The summed E-state index contributed by atoms with van der Waals surface area (Å²) in [7, 11) is 1.64. The average Bonchev–Trinajstić information content (AvgIpc) is 3.34. The Balaban J connectivity index is 1.51. The smallest absolute Gasteiger partial charge is 0.296 e. The van der Waals surface area contributed by atoms with Crippen LogP contribution in [-0.4, -0.2) is 89.0 Å². The van der Waals surface area contributed by atoms with E-state index < -0.39 is 18.3 Å². The zero-order valence-corrected chi connectivity index (χ0v) is 21.6. The number of anilines is 2. The second-order valence-corrected chi connectivity index (χ2v) is 9.60. The third kappa shape index (κ3) is 5.41. The molecular formula is C26H33F2N7O3. The Morgan fingerprint density at radius 2 is 1.89 bits per heavy atom. The van der Waals surface area contributed by atoms with Gasteiger partial charge in [-0.25, -0.2) is 13.8 Å². The van der Waals surface area contributed by atoms with Gasteiger partial charge in [-0.05, 0) is 38.3 Å². The number of nitrogens with one attached hydrogen (secondary N) is 1. The average molecular weight is 530 g/mol. The molecule has 1 aromatic carbocycles. The number of carbonyl (C=O) groups excluding carboxylic acids is 1. The van der Waals surface area contributed by atoms with E-state index in [1.54, 1.807) is 44.4 Å². The number of halogens is 2. The van der Waals surface area contributed by atoms with Crippen molar-refractivity contribution in [2.24, 2.45) is 0 Å². The van der Waals surface area contributed by atoms with Crippen LogP contribution in [0.1, 0.15) is 38.4 Å². The summed E-state index contributed by atoms with van der Waals surface area (Å²) in [4.78, 5) is 30.7. The van der Waals surface area contributed by atoms with Crippen LogP contribution in [0.3, 0.4) is 0 Å². The number of rotatable bonds is 8. The van der Waals surface area contributed by atoms with E-state index in [2.05, 4.69) is 20.3 Å². The molecule has 10 nitrogen and oxygen atoms in total. The zero-order valence-electron chi connectivity index (χ0n) is 21.6. The van der Waals surface area contributed by atoms with Crippen LogP contribution in [0.25, 0.3) is 16.9 Å². The SMILES string of the molecule is COC[C@@H]1CCCCN1C(=O)[C@H](C)Nc1nc(N2CCOCC2)cc(-n2c(C(F)F)nc3ccccc32)n1. The molecule has 4 heterocycles. The number of fused-ring (bicyclic) bond motifs is 1. The van der Waals surface area contributed by atoms with Crippen molar-refractivity contribution in [3.05, 3.63) is 36.2 Å². The molecular weight excluding hydrogens is 496 g/mol. The van der Waals surface area contributed by atoms with Crippen LogP contribution in [0.4, 0.5) is 20.5 Å². The fraction of sp³-hybridized carbons (Fsp3) is 0.538. The van der Waals surface area contributed by atoms with Crippen molar-refractivity contribution < 1.29 is 23.0 Å². The summed E-state index contributed by atoms with van der Waals surface area (Å²) in [5, 5.41) is 3.15. The van der Waals surface area contributed by atoms with Gasteiger partial charge >= 0.3 is 0 Å². The van der Waals surface area contributed by atoms with Gasteiger partial charge in [-0.15, -0.1) is 0 Å². The molecule has 204 valence electrons. The van der Waals surface area contributed by atoms with Gasteiger partial charge in [0.15, 0.2) is 5.82 Å². The highest BCUT2D eigenvalue weighted by atomic mass is 19.3. The predicted molar refractivity (Wildman–Crippen MR) is 139 cm³/mol. The second kappa shape index (κ2) is 11.6. The minimum Gasteiger partial charge on any atom is -0.383 e. The molecule has 0 saturated carbocycles. The zero-order chi connectivity index (χ0) is 26.6. The summed E-state index contributed by atoms with van der Waals surface area (Å²) in [6.07, 6.45) is 0.0800. The number of carbonyl (C=O) groups is 1. The minimum absolute atomic E-state index is 0.0209. The Hall–Kier alpha value is -3.38. The number of aromatic nitrogens is 4. The van der Waals surface area contributed by atoms with Gasteiger partial charge in [0.25, 0.3) is 6.43 Å². The maximum atomic E-state index is 14.1. The van der Waals surface area contributed by atoms with E-state index in [4.69, 9.17) is 9.47 Å². The van der Waals surface area contributed by atoms with Crippen LogP contribution in [0.15, 0.2) is 30.3 Å². The molecule has 1 amide bonds. The molecule has 38 heavy (non-hydrogen) atoms. The maximum Gasteiger partial charge on any atom is 0.296 e. The highest BCUT2D eigenvalue weighted by Gasteiger charge is 2.30. The van der Waals surface area contributed by atoms with E-state index in [1.165, 1.54) is 4.57 Å². The number of alkyl halides is 2. The van der Waals surface area contributed by atoms with Crippen LogP contribution in [0.5, 0.6) is 0 Å². The minimum atomic E-state index is -2.81. The number of likely N-dealkylation sites (tertiary alicyclic amines) is 1. The fourth-order valence-corrected chi connectivity index (χ4v) is 5.15. The fourth-order valence-electron chi connectivity index (χ4n) is 5.15. The largest absolute Gasteiger partial charge is 0.383 e. The number of imidazole rings is 1. The molecule has 2 atom stereocenters. The lowest BCUT2D eigenvalue weighted by Gasteiger charge is -2.37. The molecule has 3 aromatic rings. The van der Waals surface area contributed by atoms with E-state index in [0.29, 0.717) is 56.3 Å². The first-order valence-electron chi connectivity index (χ1n) is 13.0. The van der Waals surface area contributed by atoms with E-state index in [9.17, 15) is 13.6 Å². The van der Waals surface area contributed by atoms with E-state index in [0.717, 1.165) is 19.3 Å². The van der Waals surface area contributed by atoms with Crippen LogP contribution in [0, 0.1) is 0 Å². The number of para-hydroxylation sites is 2. The summed E-state index contributed by atoms with van der Waals surface area (Å²) < 4.78 is 40.4. The van der Waals surface area contributed by atoms with Crippen LogP contribution in [0.2, 0.25) is 0 Å². The monoisotopic (exact) mass is 529 g/mol. The number of ether oxygens (including phenoxy) is 2. The van der Waals surface area contributed by atoms with E-state index in [-0.39, 0.29) is 23.7 Å². The van der Waals surface area contributed by atoms with Crippen molar-refractivity contribution in [3.63, 3.8) is 0 Å². The van der Waals surface area contributed by atoms with Gasteiger partial charge in [0, 0.05) is 32.8 Å². The number of piperidine rings is 1. The van der Waals surface area contributed by atoms with Crippen LogP contribution < -0.4 is 10.2 Å². The third-order valence-electron chi connectivity index (χ3n) is 7.03.